The van der Waals surface area contributed by atoms with E-state index in [1.54, 1.807) is 23.1 Å². The molecule has 2 aromatic carbocycles. The van der Waals surface area contributed by atoms with Gasteiger partial charge in [0.05, 0.1) is 13.2 Å². The van der Waals surface area contributed by atoms with Gasteiger partial charge in [-0.05, 0) is 29.7 Å². The van der Waals surface area contributed by atoms with Crippen LogP contribution in [0.1, 0.15) is 47.4 Å². The topological polar surface area (TPSA) is 29.5 Å². The van der Waals surface area contributed by atoms with Crippen molar-refractivity contribution in [1.29, 1.82) is 0 Å². The molecule has 24 heavy (non-hydrogen) atoms. The van der Waals surface area contributed by atoms with E-state index in [9.17, 15) is 9.18 Å². The van der Waals surface area contributed by atoms with Crippen LogP contribution in [0.2, 0.25) is 0 Å². The predicted octanol–water partition coefficient (Wildman–Crippen LogP) is 4.16. The van der Waals surface area contributed by atoms with Crippen LogP contribution >= 0.6 is 0 Å². The van der Waals surface area contributed by atoms with Crippen LogP contribution in [-0.4, -0.2) is 30.5 Å². The Labute approximate surface area is 142 Å². The highest BCUT2D eigenvalue weighted by Crippen LogP contribution is 2.25. The average Bonchev–Trinajstić information content (AvgIpc) is 2.61. The number of amides is 1. The molecule has 3 nitrogen and oxygen atoms in total. The molecule has 0 radical (unpaired) electrons. The van der Waals surface area contributed by atoms with Crippen molar-refractivity contribution < 1.29 is 13.9 Å². The van der Waals surface area contributed by atoms with E-state index in [4.69, 9.17) is 4.74 Å². The van der Waals surface area contributed by atoms with Crippen LogP contribution in [0.15, 0.2) is 48.5 Å². The number of morpholine rings is 1. The van der Waals surface area contributed by atoms with E-state index < -0.39 is 6.10 Å². The summed E-state index contributed by atoms with van der Waals surface area (Å²) in [6.07, 6.45) is -0.418. The minimum atomic E-state index is -0.418. The lowest BCUT2D eigenvalue weighted by atomic mass is 10.0. The Morgan fingerprint density at radius 3 is 2.54 bits per heavy atom. The number of hydrogen-bond donors (Lipinski definition) is 0. The molecule has 0 bridgehead atoms. The molecule has 0 aromatic heterocycles. The molecule has 1 amide bonds. The van der Waals surface area contributed by atoms with Gasteiger partial charge in [-0.3, -0.25) is 4.79 Å². The summed E-state index contributed by atoms with van der Waals surface area (Å²) in [5, 5.41) is 0. The third-order valence-corrected chi connectivity index (χ3v) is 4.43. The molecule has 0 spiro atoms. The van der Waals surface area contributed by atoms with Crippen LogP contribution in [0.3, 0.4) is 0 Å². The SMILES string of the molecule is CC(C)c1ccc(C(=O)N2CCOC(c3ccccc3F)C2)cc1. The number of carbonyl (C=O) groups excluding carboxylic acids is 1. The fourth-order valence-electron chi connectivity index (χ4n) is 2.95. The lowest BCUT2D eigenvalue weighted by molar-refractivity contribution is -0.0243. The Morgan fingerprint density at radius 1 is 1.17 bits per heavy atom. The molecule has 0 aliphatic carbocycles. The molecule has 126 valence electrons. The van der Waals surface area contributed by atoms with Gasteiger partial charge in [-0.1, -0.05) is 44.2 Å². The van der Waals surface area contributed by atoms with Crippen LogP contribution in [0.25, 0.3) is 0 Å². The van der Waals surface area contributed by atoms with Gasteiger partial charge in [0.15, 0.2) is 0 Å². The smallest absolute Gasteiger partial charge is 0.254 e. The molecule has 1 saturated heterocycles. The zero-order valence-corrected chi connectivity index (χ0v) is 14.0. The largest absolute Gasteiger partial charge is 0.370 e. The van der Waals surface area contributed by atoms with Gasteiger partial charge in [-0.15, -0.1) is 0 Å². The Hall–Kier alpha value is -2.20. The van der Waals surface area contributed by atoms with Gasteiger partial charge in [-0.2, -0.15) is 0 Å². The van der Waals surface area contributed by atoms with Gasteiger partial charge in [-0.25, -0.2) is 4.39 Å². The van der Waals surface area contributed by atoms with Crippen molar-refractivity contribution in [2.24, 2.45) is 0 Å². The predicted molar refractivity (Wildman–Crippen MR) is 91.5 cm³/mol. The van der Waals surface area contributed by atoms with E-state index in [-0.39, 0.29) is 11.7 Å². The van der Waals surface area contributed by atoms with Gasteiger partial charge in [0.25, 0.3) is 5.91 Å². The Morgan fingerprint density at radius 2 is 1.88 bits per heavy atom. The number of hydrogen-bond acceptors (Lipinski definition) is 2. The van der Waals surface area contributed by atoms with E-state index in [1.807, 2.05) is 24.3 Å². The number of nitrogens with zero attached hydrogens (tertiary/aromatic N) is 1. The van der Waals surface area contributed by atoms with Crippen LogP contribution in [0.5, 0.6) is 0 Å². The van der Waals surface area contributed by atoms with Crippen LogP contribution in [0, 0.1) is 5.82 Å². The maximum absolute atomic E-state index is 14.0. The summed E-state index contributed by atoms with van der Waals surface area (Å²) in [5.74, 6) is 0.107. The number of carbonyl (C=O) groups is 1. The molecular formula is C20H22FNO2. The van der Waals surface area contributed by atoms with Crippen molar-refractivity contribution >= 4 is 5.91 Å². The van der Waals surface area contributed by atoms with E-state index >= 15 is 0 Å². The maximum atomic E-state index is 14.0. The highest BCUT2D eigenvalue weighted by Gasteiger charge is 2.27. The lowest BCUT2D eigenvalue weighted by Gasteiger charge is -2.33. The molecule has 1 fully saturated rings. The normalized spacial score (nSPS) is 18.0. The van der Waals surface area contributed by atoms with Crippen LogP contribution < -0.4 is 0 Å². The summed E-state index contributed by atoms with van der Waals surface area (Å²) in [5.41, 5.74) is 2.37. The van der Waals surface area contributed by atoms with Crippen molar-refractivity contribution in [2.45, 2.75) is 25.9 Å². The highest BCUT2D eigenvalue weighted by molar-refractivity contribution is 5.94. The van der Waals surface area contributed by atoms with Crippen LogP contribution in [0.4, 0.5) is 4.39 Å². The van der Waals surface area contributed by atoms with E-state index in [0.717, 1.165) is 0 Å². The quantitative estimate of drug-likeness (QED) is 0.847. The Balaban J connectivity index is 1.74. The van der Waals surface area contributed by atoms with Crippen LogP contribution in [-0.2, 0) is 4.74 Å². The van der Waals surface area contributed by atoms with E-state index in [2.05, 4.69) is 13.8 Å². The number of halogens is 1. The summed E-state index contributed by atoms with van der Waals surface area (Å²) < 4.78 is 19.6. The first-order valence-corrected chi connectivity index (χ1v) is 8.31. The van der Waals surface area contributed by atoms with Crippen molar-refractivity contribution in [1.82, 2.24) is 4.90 Å². The van der Waals surface area contributed by atoms with Gasteiger partial charge in [0.2, 0.25) is 0 Å². The van der Waals surface area contributed by atoms with Gasteiger partial charge >= 0.3 is 0 Å². The number of rotatable bonds is 3. The standard InChI is InChI=1S/C20H22FNO2/c1-14(2)15-7-9-16(10-8-15)20(23)22-11-12-24-19(13-22)17-5-3-4-6-18(17)21/h3-10,14,19H,11-13H2,1-2H3. The second-order valence-electron chi connectivity index (χ2n) is 6.41. The first kappa shape index (κ1) is 16.7. The Kier molecular flexibility index (Phi) is 4.95. The van der Waals surface area contributed by atoms with Crippen molar-refractivity contribution in [3.63, 3.8) is 0 Å². The molecule has 2 aromatic rings. The minimum absolute atomic E-state index is 0.0325. The third kappa shape index (κ3) is 3.49. The highest BCUT2D eigenvalue weighted by atomic mass is 19.1. The second-order valence-corrected chi connectivity index (χ2v) is 6.41. The molecule has 0 N–H and O–H groups in total. The van der Waals surface area contributed by atoms with Crippen molar-refractivity contribution in [2.75, 3.05) is 19.7 Å². The Bertz CT molecular complexity index is 712. The van der Waals surface area contributed by atoms with E-state index in [1.165, 1.54) is 11.6 Å². The fraction of sp³-hybridized carbons (Fsp3) is 0.350. The average molecular weight is 327 g/mol. The molecule has 1 aliphatic heterocycles. The molecule has 0 saturated carbocycles. The monoisotopic (exact) mass is 327 g/mol. The summed E-state index contributed by atoms with van der Waals surface area (Å²) in [6.45, 7) is 5.55. The molecule has 4 heteroatoms. The van der Waals surface area contributed by atoms with Crippen molar-refractivity contribution in [3.8, 4) is 0 Å². The first-order chi connectivity index (χ1) is 11.6. The molecule has 3 rings (SSSR count). The first-order valence-electron chi connectivity index (χ1n) is 8.31. The molecule has 1 atom stereocenters. The van der Waals surface area contributed by atoms with Gasteiger partial charge < -0.3 is 9.64 Å². The number of benzene rings is 2. The summed E-state index contributed by atoms with van der Waals surface area (Å²) in [7, 11) is 0. The summed E-state index contributed by atoms with van der Waals surface area (Å²) in [4.78, 5) is 14.5. The summed E-state index contributed by atoms with van der Waals surface area (Å²) >= 11 is 0. The minimum Gasteiger partial charge on any atom is -0.370 e. The third-order valence-electron chi connectivity index (χ3n) is 4.43. The molecular weight excluding hydrogens is 305 g/mol. The molecule has 1 unspecified atom stereocenters. The van der Waals surface area contributed by atoms with Crippen molar-refractivity contribution in [3.05, 3.63) is 71.0 Å². The zero-order chi connectivity index (χ0) is 17.1. The van der Waals surface area contributed by atoms with E-state index in [0.29, 0.717) is 36.7 Å². The maximum Gasteiger partial charge on any atom is 0.254 e. The lowest BCUT2D eigenvalue weighted by Crippen LogP contribution is -2.42. The molecule has 1 heterocycles. The van der Waals surface area contributed by atoms with Gasteiger partial charge in [0, 0.05) is 17.7 Å². The number of ether oxygens (including phenoxy) is 1. The van der Waals surface area contributed by atoms with Gasteiger partial charge in [0.1, 0.15) is 11.9 Å². The fourth-order valence-corrected chi connectivity index (χ4v) is 2.95. The second kappa shape index (κ2) is 7.14. The summed E-state index contributed by atoms with van der Waals surface area (Å²) in [6, 6.07) is 14.3. The molecule has 1 aliphatic rings. The zero-order valence-electron chi connectivity index (χ0n) is 14.0.